The van der Waals surface area contributed by atoms with Gasteiger partial charge in [-0.2, -0.15) is 0 Å². The Morgan fingerprint density at radius 1 is 1.00 bits per heavy atom. The number of rotatable bonds is 10. The molecule has 0 radical (unpaired) electrons. The molecule has 3 aliphatic heterocycles. The van der Waals surface area contributed by atoms with Crippen molar-refractivity contribution in [1.29, 1.82) is 0 Å². The van der Waals surface area contributed by atoms with E-state index >= 15 is 0 Å². The summed E-state index contributed by atoms with van der Waals surface area (Å²) >= 11 is 0. The lowest BCUT2D eigenvalue weighted by atomic mass is 9.85. The zero-order chi connectivity index (χ0) is 30.4. The molecule has 2 aliphatic carbocycles. The Bertz CT molecular complexity index is 1150. The second-order valence-corrected chi connectivity index (χ2v) is 13.7. The maximum absolute atomic E-state index is 14.3. The highest BCUT2D eigenvalue weighted by Crippen LogP contribution is 2.41. The van der Waals surface area contributed by atoms with E-state index in [0.29, 0.717) is 19.4 Å². The van der Waals surface area contributed by atoms with E-state index in [1.807, 2.05) is 27.7 Å². The third-order valence-corrected chi connectivity index (χ3v) is 9.03. The van der Waals surface area contributed by atoms with Crippen LogP contribution in [0.2, 0.25) is 0 Å². The molecular weight excluding hydrogens is 542 g/mol. The van der Waals surface area contributed by atoms with E-state index < -0.39 is 58.7 Å². The second-order valence-electron chi connectivity index (χ2n) is 13.7. The molecule has 1 spiro atoms. The van der Waals surface area contributed by atoms with Gasteiger partial charge in [-0.05, 0) is 50.4 Å². The Morgan fingerprint density at radius 2 is 1.67 bits per heavy atom. The molecule has 3 heterocycles. The zero-order valence-corrected chi connectivity index (χ0v) is 25.1. The molecule has 0 aromatic carbocycles. The molecule has 5 atom stereocenters. The van der Waals surface area contributed by atoms with Crippen molar-refractivity contribution in [3.8, 4) is 0 Å². The first-order valence-electron chi connectivity index (χ1n) is 15.4. The largest absolute Gasteiger partial charge is 0.347 e. The Hall–Kier alpha value is -3.22. The molecule has 2 saturated carbocycles. The molecule has 5 N–H and O–H groups in total. The summed E-state index contributed by atoms with van der Waals surface area (Å²) in [5, 5.41) is 14.3. The summed E-state index contributed by atoms with van der Waals surface area (Å²) in [6.07, 6.45) is 5.95. The van der Waals surface area contributed by atoms with Crippen LogP contribution in [0, 0.1) is 5.41 Å². The monoisotopic (exact) mass is 587 g/mol. The fourth-order valence-electron chi connectivity index (χ4n) is 6.46. The molecule has 13 heteroatoms. The Morgan fingerprint density at radius 3 is 2.29 bits per heavy atom. The van der Waals surface area contributed by atoms with Gasteiger partial charge in [-0.25, -0.2) is 4.79 Å². The SMILES string of the molecule is CCCC(NC(=O)[C@@H]1CC2(CN1C(=O)[C@@H](NC(=O)NC1CC1)C(C)(C)C)NC(=O)[C@@H]1CCCN12)C(=O)C(=O)NC1CC1. The quantitative estimate of drug-likeness (QED) is 0.222. The molecule has 232 valence electrons. The lowest BCUT2D eigenvalue weighted by molar-refractivity contribution is -0.144. The van der Waals surface area contributed by atoms with Crippen LogP contribution in [0.25, 0.3) is 0 Å². The standard InChI is InChI=1S/C29H45N7O6/c1-5-7-18(21(37)25(40)30-16-9-10-16)32-23(38)20-14-29(34-24(39)19-8-6-13-36(19)29)15-35(20)26(41)22(28(2,3)4)33-27(42)31-17-11-12-17/h16-20,22H,5-15H2,1-4H3,(H,30,40)(H,32,38)(H,34,39)(H2,31,33,42)/t18?,19-,20-,22+,29?/m0/s1. The summed E-state index contributed by atoms with van der Waals surface area (Å²) < 4.78 is 0. The molecule has 5 fully saturated rings. The predicted octanol–water partition coefficient (Wildman–Crippen LogP) is -0.113. The number of fused-ring (bicyclic) bond motifs is 2. The third kappa shape index (κ3) is 6.25. The van der Waals surface area contributed by atoms with Gasteiger partial charge in [0.15, 0.2) is 0 Å². The van der Waals surface area contributed by atoms with Crippen molar-refractivity contribution in [3.05, 3.63) is 0 Å². The first-order valence-corrected chi connectivity index (χ1v) is 15.4. The highest BCUT2D eigenvalue weighted by molar-refractivity contribution is 6.38. The molecule has 42 heavy (non-hydrogen) atoms. The minimum absolute atomic E-state index is 0.000521. The Labute approximate surface area is 246 Å². The van der Waals surface area contributed by atoms with Crippen molar-refractivity contribution in [1.82, 2.24) is 36.4 Å². The van der Waals surface area contributed by atoms with Crippen molar-refractivity contribution in [2.24, 2.45) is 5.41 Å². The Balaban J connectivity index is 1.40. The zero-order valence-electron chi connectivity index (χ0n) is 25.1. The van der Waals surface area contributed by atoms with Gasteiger partial charge in [-0.1, -0.05) is 34.1 Å². The number of likely N-dealkylation sites (tertiary alicyclic amines) is 1. The average Bonchev–Trinajstić information content (AvgIpc) is 3.80. The van der Waals surface area contributed by atoms with Crippen molar-refractivity contribution < 1.29 is 28.8 Å². The lowest BCUT2D eigenvalue weighted by Crippen LogP contribution is -2.60. The molecule has 0 bridgehead atoms. The highest BCUT2D eigenvalue weighted by atomic mass is 16.2. The number of ketones is 1. The molecule has 0 aromatic heterocycles. The first kappa shape index (κ1) is 30.2. The number of carbonyl (C=O) groups is 6. The van der Waals surface area contributed by atoms with Crippen LogP contribution in [-0.4, -0.2) is 100 Å². The number of nitrogens with zero attached hydrogens (tertiary/aromatic N) is 2. The smallest absolute Gasteiger partial charge is 0.315 e. The summed E-state index contributed by atoms with van der Waals surface area (Å²) in [6, 6.07) is -3.66. The minimum Gasteiger partial charge on any atom is -0.347 e. The molecule has 13 nitrogen and oxygen atoms in total. The van der Waals surface area contributed by atoms with E-state index in [1.165, 1.54) is 4.90 Å². The summed E-state index contributed by atoms with van der Waals surface area (Å²) in [5.41, 5.74) is -1.62. The van der Waals surface area contributed by atoms with Crippen LogP contribution in [-0.2, 0) is 24.0 Å². The molecule has 2 unspecified atom stereocenters. The maximum Gasteiger partial charge on any atom is 0.315 e. The highest BCUT2D eigenvalue weighted by Gasteiger charge is 2.61. The van der Waals surface area contributed by atoms with Gasteiger partial charge in [-0.3, -0.25) is 28.9 Å². The van der Waals surface area contributed by atoms with Crippen LogP contribution in [0.3, 0.4) is 0 Å². The van der Waals surface area contributed by atoms with Gasteiger partial charge in [0.2, 0.25) is 23.5 Å². The molecule has 3 saturated heterocycles. The van der Waals surface area contributed by atoms with Gasteiger partial charge in [0, 0.05) is 25.0 Å². The van der Waals surface area contributed by atoms with Crippen molar-refractivity contribution >= 4 is 35.4 Å². The number of Topliss-reactive ketones (excluding diaryl/α,β-unsaturated/α-hetero) is 1. The first-order chi connectivity index (χ1) is 19.8. The van der Waals surface area contributed by atoms with E-state index in [-0.39, 0.29) is 43.4 Å². The van der Waals surface area contributed by atoms with E-state index in [2.05, 4.69) is 31.5 Å². The normalized spacial score (nSPS) is 28.6. The Kier molecular flexibility index (Phi) is 8.25. The van der Waals surface area contributed by atoms with Gasteiger partial charge >= 0.3 is 6.03 Å². The van der Waals surface area contributed by atoms with Crippen LogP contribution < -0.4 is 26.6 Å². The van der Waals surface area contributed by atoms with E-state index in [4.69, 9.17) is 0 Å². The average molecular weight is 588 g/mol. The predicted molar refractivity (Wildman–Crippen MR) is 152 cm³/mol. The van der Waals surface area contributed by atoms with Gasteiger partial charge in [0.1, 0.15) is 17.7 Å². The van der Waals surface area contributed by atoms with Crippen LogP contribution in [0.4, 0.5) is 4.79 Å². The van der Waals surface area contributed by atoms with Gasteiger partial charge < -0.3 is 31.5 Å². The molecular formula is C29H45N7O6. The van der Waals surface area contributed by atoms with Gasteiger partial charge in [0.05, 0.1) is 18.6 Å². The summed E-state index contributed by atoms with van der Waals surface area (Å²) in [4.78, 5) is 83.0. The molecule has 6 amide bonds. The fourth-order valence-corrected chi connectivity index (χ4v) is 6.46. The van der Waals surface area contributed by atoms with E-state index in [9.17, 15) is 28.8 Å². The lowest BCUT2D eigenvalue weighted by Gasteiger charge is -2.36. The van der Waals surface area contributed by atoms with Crippen LogP contribution in [0.15, 0.2) is 0 Å². The van der Waals surface area contributed by atoms with Crippen molar-refractivity contribution in [2.45, 2.75) is 127 Å². The number of amides is 6. The maximum atomic E-state index is 14.3. The summed E-state index contributed by atoms with van der Waals surface area (Å²) in [5.74, 6) is -2.53. The number of hydrogen-bond acceptors (Lipinski definition) is 7. The van der Waals surface area contributed by atoms with Crippen molar-refractivity contribution in [3.63, 3.8) is 0 Å². The minimum atomic E-state index is -1.03. The summed E-state index contributed by atoms with van der Waals surface area (Å²) in [7, 11) is 0. The van der Waals surface area contributed by atoms with Crippen molar-refractivity contribution in [2.75, 3.05) is 13.1 Å². The fraction of sp³-hybridized carbons (Fsp3) is 0.793. The number of hydrogen-bond donors (Lipinski definition) is 5. The number of nitrogens with one attached hydrogen (secondary N) is 5. The molecule has 5 aliphatic rings. The summed E-state index contributed by atoms with van der Waals surface area (Å²) in [6.45, 7) is 8.12. The number of carbonyl (C=O) groups excluding carboxylic acids is 6. The van der Waals surface area contributed by atoms with E-state index in [1.54, 1.807) is 0 Å². The topological polar surface area (TPSA) is 169 Å². The van der Waals surface area contributed by atoms with Crippen LogP contribution >= 0.6 is 0 Å². The van der Waals surface area contributed by atoms with Crippen LogP contribution in [0.1, 0.15) is 85.5 Å². The van der Waals surface area contributed by atoms with Crippen LogP contribution in [0.5, 0.6) is 0 Å². The molecule has 5 rings (SSSR count). The van der Waals surface area contributed by atoms with Gasteiger partial charge in [0.25, 0.3) is 5.91 Å². The van der Waals surface area contributed by atoms with Gasteiger partial charge in [-0.15, -0.1) is 0 Å². The van der Waals surface area contributed by atoms with E-state index in [0.717, 1.165) is 32.1 Å². The second kappa shape index (κ2) is 11.5. The third-order valence-electron chi connectivity index (χ3n) is 9.03. The molecule has 0 aromatic rings. The number of urea groups is 1.